The van der Waals surface area contributed by atoms with Crippen molar-refractivity contribution >= 4 is 38.9 Å². The minimum Gasteiger partial charge on any atom is -0.376 e. The fourth-order valence-electron chi connectivity index (χ4n) is 4.40. The Bertz CT molecular complexity index is 1020. The normalized spacial score (nSPS) is 23.7. The molecular formula is C23H23BrN4OS. The summed E-state index contributed by atoms with van der Waals surface area (Å²) >= 11 is 9.35. The fourth-order valence-corrected chi connectivity index (χ4v) is 5.02. The predicted octanol–water partition coefficient (Wildman–Crippen LogP) is 5.00. The smallest absolute Gasteiger partial charge is 0.174 e. The van der Waals surface area contributed by atoms with Crippen LogP contribution in [-0.4, -0.2) is 27.4 Å². The topological polar surface area (TPSA) is 42.3 Å². The van der Waals surface area contributed by atoms with Crippen LogP contribution in [0.4, 0.5) is 5.69 Å². The van der Waals surface area contributed by atoms with Crippen molar-refractivity contribution in [3.8, 4) is 0 Å². The Kier molecular flexibility index (Phi) is 5.58. The zero-order valence-corrected chi connectivity index (χ0v) is 18.8. The molecule has 154 valence electrons. The summed E-state index contributed by atoms with van der Waals surface area (Å²) in [5, 5.41) is 4.24. The highest BCUT2D eigenvalue weighted by molar-refractivity contribution is 9.10. The Morgan fingerprint density at radius 2 is 2.00 bits per heavy atom. The number of thiocarbonyl (C=S) groups is 1. The third kappa shape index (κ3) is 3.77. The van der Waals surface area contributed by atoms with Gasteiger partial charge >= 0.3 is 0 Å². The molecule has 2 aliphatic rings. The summed E-state index contributed by atoms with van der Waals surface area (Å²) in [5.74, 6) is 0. The highest BCUT2D eigenvalue weighted by Crippen LogP contribution is 2.42. The highest BCUT2D eigenvalue weighted by atomic mass is 79.9. The summed E-state index contributed by atoms with van der Waals surface area (Å²) in [6, 6.07) is 18.6. The lowest BCUT2D eigenvalue weighted by Crippen LogP contribution is -2.31. The van der Waals surface area contributed by atoms with E-state index in [1.54, 1.807) is 0 Å². The second-order valence-electron chi connectivity index (χ2n) is 7.69. The number of aromatic nitrogens is 2. The van der Waals surface area contributed by atoms with Crippen LogP contribution in [-0.2, 0) is 11.3 Å². The predicted molar refractivity (Wildman–Crippen MR) is 125 cm³/mol. The molecule has 30 heavy (non-hydrogen) atoms. The van der Waals surface area contributed by atoms with Gasteiger partial charge in [-0.1, -0.05) is 22.0 Å². The lowest BCUT2D eigenvalue weighted by Gasteiger charge is -2.29. The number of ether oxygens (including phenoxy) is 1. The summed E-state index contributed by atoms with van der Waals surface area (Å²) in [4.78, 5) is 6.85. The van der Waals surface area contributed by atoms with Crippen molar-refractivity contribution in [3.05, 3.63) is 82.9 Å². The molecule has 0 unspecified atom stereocenters. The number of nitrogens with zero attached hydrogens (tertiary/aromatic N) is 3. The van der Waals surface area contributed by atoms with Crippen molar-refractivity contribution in [1.82, 2.24) is 14.9 Å². The number of anilines is 1. The monoisotopic (exact) mass is 482 g/mol. The maximum atomic E-state index is 5.91. The average molecular weight is 483 g/mol. The molecule has 3 atom stereocenters. The SMILES string of the molecule is S=C1N[C@H](c2ccccn2)[C@@H](c2cccn2C[C@H]2CCCO2)N1c1ccc(Br)cc1. The van der Waals surface area contributed by atoms with Gasteiger partial charge in [0.2, 0.25) is 0 Å². The van der Waals surface area contributed by atoms with Crippen molar-refractivity contribution in [2.24, 2.45) is 0 Å². The van der Waals surface area contributed by atoms with Crippen LogP contribution in [0.5, 0.6) is 0 Å². The molecule has 0 aliphatic carbocycles. The molecule has 2 aromatic heterocycles. The molecule has 0 spiro atoms. The first-order valence-corrected chi connectivity index (χ1v) is 11.4. The third-order valence-corrected chi connectivity index (χ3v) is 6.64. The van der Waals surface area contributed by atoms with Gasteiger partial charge in [0.15, 0.2) is 5.11 Å². The molecule has 0 radical (unpaired) electrons. The summed E-state index contributed by atoms with van der Waals surface area (Å²) in [5.41, 5.74) is 3.25. The minimum atomic E-state index is -0.0412. The number of nitrogens with one attached hydrogen (secondary N) is 1. The van der Waals surface area contributed by atoms with Gasteiger partial charge in [-0.15, -0.1) is 0 Å². The summed E-state index contributed by atoms with van der Waals surface area (Å²) in [6.45, 7) is 1.71. The quantitative estimate of drug-likeness (QED) is 0.518. The van der Waals surface area contributed by atoms with Gasteiger partial charge in [0.1, 0.15) is 6.04 Å². The van der Waals surface area contributed by atoms with Crippen molar-refractivity contribution in [2.75, 3.05) is 11.5 Å². The number of pyridine rings is 1. The molecule has 2 saturated heterocycles. The van der Waals surface area contributed by atoms with E-state index in [-0.39, 0.29) is 18.2 Å². The van der Waals surface area contributed by atoms with Gasteiger partial charge in [0.25, 0.3) is 0 Å². The molecule has 1 aromatic carbocycles. The van der Waals surface area contributed by atoms with Gasteiger partial charge in [0, 0.05) is 41.4 Å². The standard InChI is InChI=1S/C23H23BrN4OS/c24-16-8-10-17(11-9-16)28-22(21(26-23(28)30)19-6-1-2-12-25-19)20-7-3-13-27(20)15-18-5-4-14-29-18/h1-3,6-13,18,21-22H,4-5,14-15H2,(H,26,30)/t18-,21-,22-/m1/s1. The highest BCUT2D eigenvalue weighted by Gasteiger charge is 2.42. The zero-order chi connectivity index (χ0) is 20.5. The Morgan fingerprint density at radius 3 is 2.73 bits per heavy atom. The number of rotatable bonds is 5. The second-order valence-corrected chi connectivity index (χ2v) is 9.00. The Balaban J connectivity index is 1.57. The van der Waals surface area contributed by atoms with Crippen molar-refractivity contribution in [1.29, 1.82) is 0 Å². The van der Waals surface area contributed by atoms with Crippen LogP contribution < -0.4 is 10.2 Å². The van der Waals surface area contributed by atoms with E-state index in [2.05, 4.69) is 84.4 Å². The molecule has 3 aromatic rings. The van der Waals surface area contributed by atoms with Gasteiger partial charge in [-0.25, -0.2) is 0 Å². The van der Waals surface area contributed by atoms with Crippen LogP contribution in [0.15, 0.2) is 71.5 Å². The van der Waals surface area contributed by atoms with E-state index in [0.717, 1.165) is 41.8 Å². The second kappa shape index (κ2) is 8.49. The number of hydrogen-bond donors (Lipinski definition) is 1. The van der Waals surface area contributed by atoms with Crippen LogP contribution in [0, 0.1) is 0 Å². The lowest BCUT2D eigenvalue weighted by atomic mass is 10.0. The molecule has 0 amide bonds. The van der Waals surface area contributed by atoms with E-state index >= 15 is 0 Å². The Morgan fingerprint density at radius 1 is 1.13 bits per heavy atom. The molecule has 7 heteroatoms. The van der Waals surface area contributed by atoms with Crippen LogP contribution in [0.3, 0.4) is 0 Å². The molecular weight excluding hydrogens is 460 g/mol. The van der Waals surface area contributed by atoms with E-state index < -0.39 is 0 Å². The first kappa shape index (κ1) is 19.7. The molecule has 5 nitrogen and oxygen atoms in total. The van der Waals surface area contributed by atoms with Crippen molar-refractivity contribution in [2.45, 2.75) is 37.6 Å². The molecule has 0 saturated carbocycles. The third-order valence-electron chi connectivity index (χ3n) is 5.79. The molecule has 5 rings (SSSR count). The Labute approximate surface area is 190 Å². The maximum Gasteiger partial charge on any atom is 0.174 e. The van der Waals surface area contributed by atoms with Crippen molar-refractivity contribution < 1.29 is 4.74 Å². The number of hydrogen-bond acceptors (Lipinski definition) is 3. The molecule has 1 N–H and O–H groups in total. The van der Waals surface area contributed by atoms with Crippen molar-refractivity contribution in [3.63, 3.8) is 0 Å². The summed E-state index contributed by atoms with van der Waals surface area (Å²) in [7, 11) is 0. The largest absolute Gasteiger partial charge is 0.376 e. The average Bonchev–Trinajstić information content (AvgIpc) is 3.50. The van der Waals surface area contributed by atoms with Crippen LogP contribution in [0.2, 0.25) is 0 Å². The first-order valence-electron chi connectivity index (χ1n) is 10.2. The van der Waals surface area contributed by atoms with Gasteiger partial charge < -0.3 is 19.5 Å². The summed E-state index contributed by atoms with van der Waals surface area (Å²) < 4.78 is 9.27. The van der Waals surface area contributed by atoms with Crippen LogP contribution >= 0.6 is 28.1 Å². The van der Waals surface area contributed by atoms with Crippen LogP contribution in [0.25, 0.3) is 0 Å². The summed E-state index contributed by atoms with van der Waals surface area (Å²) in [6.07, 6.45) is 6.50. The maximum absolute atomic E-state index is 5.91. The van der Waals surface area contributed by atoms with Gasteiger partial charge in [0.05, 0.1) is 17.8 Å². The van der Waals surface area contributed by atoms with Gasteiger partial charge in [-0.05, 0) is 73.6 Å². The van der Waals surface area contributed by atoms with Gasteiger partial charge in [-0.2, -0.15) is 0 Å². The number of halogens is 1. The molecule has 4 heterocycles. The van der Waals surface area contributed by atoms with E-state index in [4.69, 9.17) is 17.0 Å². The molecule has 2 fully saturated rings. The first-order chi connectivity index (χ1) is 14.7. The van der Waals surface area contributed by atoms with Gasteiger partial charge in [-0.3, -0.25) is 4.98 Å². The van der Waals surface area contributed by atoms with E-state index in [9.17, 15) is 0 Å². The molecule has 2 aliphatic heterocycles. The van der Waals surface area contributed by atoms with E-state index in [1.165, 1.54) is 5.69 Å². The molecule has 0 bridgehead atoms. The lowest BCUT2D eigenvalue weighted by molar-refractivity contribution is 0.0961. The van der Waals surface area contributed by atoms with E-state index in [0.29, 0.717) is 5.11 Å². The zero-order valence-electron chi connectivity index (χ0n) is 16.4. The Hall–Kier alpha value is -2.22. The van der Waals surface area contributed by atoms with E-state index in [1.807, 2.05) is 18.3 Å². The fraction of sp³-hybridized carbons (Fsp3) is 0.304. The number of benzene rings is 1. The minimum absolute atomic E-state index is 0.00928. The van der Waals surface area contributed by atoms with Crippen LogP contribution in [0.1, 0.15) is 36.3 Å².